The molecule has 0 aromatic heterocycles. The molecule has 10 heteroatoms. The van der Waals surface area contributed by atoms with Gasteiger partial charge in [0.15, 0.2) is 0 Å². The SMILES string of the molecule is O=S(=O)(c1ccc(Oc2cc(F)cc(Br)c2)c2c1C(O)CC2)C(F)(F)F. The number of hydrogen-bond acceptors (Lipinski definition) is 4. The molecule has 1 aliphatic carbocycles. The van der Waals surface area contributed by atoms with Crippen molar-refractivity contribution in [2.24, 2.45) is 0 Å². The van der Waals surface area contributed by atoms with Crippen LogP contribution in [0.3, 0.4) is 0 Å². The Labute approximate surface area is 154 Å². The minimum absolute atomic E-state index is 0.0585. The summed E-state index contributed by atoms with van der Waals surface area (Å²) in [5, 5.41) is 10.0. The molecule has 0 fully saturated rings. The van der Waals surface area contributed by atoms with Crippen LogP contribution in [0.2, 0.25) is 0 Å². The fourth-order valence-electron chi connectivity index (χ4n) is 2.84. The maximum atomic E-state index is 13.5. The molecule has 0 radical (unpaired) electrons. The molecule has 1 N–H and O–H groups in total. The molecular weight excluding hydrogens is 444 g/mol. The molecular formula is C16H11BrF4O4S. The van der Waals surface area contributed by atoms with E-state index in [9.17, 15) is 31.1 Å². The molecule has 140 valence electrons. The van der Waals surface area contributed by atoms with Gasteiger partial charge < -0.3 is 9.84 Å². The highest BCUT2D eigenvalue weighted by Crippen LogP contribution is 2.45. The smallest absolute Gasteiger partial charge is 0.457 e. The van der Waals surface area contributed by atoms with Gasteiger partial charge in [0.2, 0.25) is 0 Å². The van der Waals surface area contributed by atoms with Crippen LogP contribution in [0.5, 0.6) is 11.5 Å². The number of alkyl halides is 3. The minimum atomic E-state index is -5.62. The summed E-state index contributed by atoms with van der Waals surface area (Å²) in [7, 11) is -5.62. The van der Waals surface area contributed by atoms with E-state index < -0.39 is 32.2 Å². The van der Waals surface area contributed by atoms with Gasteiger partial charge in [-0.3, -0.25) is 0 Å². The largest absolute Gasteiger partial charge is 0.501 e. The Balaban J connectivity index is 2.11. The standard InChI is InChI=1S/C16H11BrF4O4S/c17-8-5-9(18)7-10(6-8)25-13-3-4-14(26(23,24)16(19,20)21)15-11(13)1-2-12(15)22/h3-7,12,22H,1-2H2. The van der Waals surface area contributed by atoms with Crippen molar-refractivity contribution in [3.05, 3.63) is 51.7 Å². The molecule has 26 heavy (non-hydrogen) atoms. The third-order valence-corrected chi connectivity index (χ3v) is 5.94. The molecule has 3 rings (SSSR count). The Morgan fingerprint density at radius 2 is 1.88 bits per heavy atom. The van der Waals surface area contributed by atoms with Crippen molar-refractivity contribution in [2.75, 3.05) is 0 Å². The van der Waals surface area contributed by atoms with E-state index in [1.807, 2.05) is 0 Å². The van der Waals surface area contributed by atoms with Gasteiger partial charge in [-0.2, -0.15) is 13.2 Å². The van der Waals surface area contributed by atoms with E-state index in [4.69, 9.17) is 4.74 Å². The highest BCUT2D eigenvalue weighted by molar-refractivity contribution is 9.10. The summed E-state index contributed by atoms with van der Waals surface area (Å²) in [6.45, 7) is 0. The van der Waals surface area contributed by atoms with E-state index in [1.54, 1.807) is 0 Å². The Bertz CT molecular complexity index is 953. The molecule has 0 aliphatic heterocycles. The third kappa shape index (κ3) is 3.33. The quantitative estimate of drug-likeness (QED) is 0.685. The Kier molecular flexibility index (Phi) is 4.78. The van der Waals surface area contributed by atoms with Crippen molar-refractivity contribution < 1.29 is 35.8 Å². The lowest BCUT2D eigenvalue weighted by Gasteiger charge is -2.17. The average Bonchev–Trinajstić information content (AvgIpc) is 2.88. The topological polar surface area (TPSA) is 63.6 Å². The van der Waals surface area contributed by atoms with Crippen LogP contribution in [0.4, 0.5) is 17.6 Å². The van der Waals surface area contributed by atoms with Crippen molar-refractivity contribution in [1.82, 2.24) is 0 Å². The normalized spacial score (nSPS) is 17.2. The van der Waals surface area contributed by atoms with Crippen molar-refractivity contribution in [2.45, 2.75) is 29.3 Å². The number of hydrogen-bond donors (Lipinski definition) is 1. The number of rotatable bonds is 3. The van der Waals surface area contributed by atoms with Gasteiger partial charge in [0.1, 0.15) is 17.3 Å². The summed E-state index contributed by atoms with van der Waals surface area (Å²) < 4.78 is 81.7. The fourth-order valence-corrected chi connectivity index (χ4v) is 4.33. The lowest BCUT2D eigenvalue weighted by Crippen LogP contribution is -2.24. The van der Waals surface area contributed by atoms with Gasteiger partial charge in [-0.1, -0.05) is 15.9 Å². The van der Waals surface area contributed by atoms with E-state index in [2.05, 4.69) is 15.9 Å². The molecule has 0 heterocycles. The van der Waals surface area contributed by atoms with Gasteiger partial charge in [0, 0.05) is 21.7 Å². The van der Waals surface area contributed by atoms with E-state index in [-0.39, 0.29) is 35.5 Å². The molecule has 0 saturated carbocycles. The van der Waals surface area contributed by atoms with E-state index in [0.29, 0.717) is 4.47 Å². The molecule has 0 spiro atoms. The number of ether oxygens (including phenoxy) is 1. The van der Waals surface area contributed by atoms with E-state index in [0.717, 1.165) is 18.2 Å². The number of sulfone groups is 1. The van der Waals surface area contributed by atoms with Gasteiger partial charge in [0.25, 0.3) is 9.84 Å². The van der Waals surface area contributed by atoms with Crippen LogP contribution >= 0.6 is 15.9 Å². The van der Waals surface area contributed by atoms with Crippen molar-refractivity contribution in [3.8, 4) is 11.5 Å². The van der Waals surface area contributed by atoms with E-state index >= 15 is 0 Å². The van der Waals surface area contributed by atoms with Crippen LogP contribution in [-0.4, -0.2) is 19.0 Å². The lowest BCUT2D eigenvalue weighted by molar-refractivity contribution is -0.0437. The molecule has 2 aromatic rings. The summed E-state index contributed by atoms with van der Waals surface area (Å²) in [6, 6.07) is 5.54. The Morgan fingerprint density at radius 1 is 1.19 bits per heavy atom. The average molecular weight is 455 g/mol. The summed E-state index contributed by atoms with van der Waals surface area (Å²) in [5.74, 6) is -0.454. The zero-order valence-corrected chi connectivity index (χ0v) is 15.3. The fraction of sp³-hybridized carbons (Fsp3) is 0.250. The highest BCUT2D eigenvalue weighted by atomic mass is 79.9. The minimum Gasteiger partial charge on any atom is -0.457 e. The van der Waals surface area contributed by atoms with Crippen LogP contribution in [0, 0.1) is 5.82 Å². The van der Waals surface area contributed by atoms with E-state index in [1.165, 1.54) is 12.1 Å². The molecule has 1 unspecified atom stereocenters. The van der Waals surface area contributed by atoms with Crippen molar-refractivity contribution in [3.63, 3.8) is 0 Å². The predicted octanol–water partition coefficient (Wildman–Crippen LogP) is 4.65. The maximum absolute atomic E-state index is 13.5. The monoisotopic (exact) mass is 454 g/mol. The molecule has 2 aromatic carbocycles. The van der Waals surface area contributed by atoms with Gasteiger partial charge in [-0.25, -0.2) is 12.8 Å². The second kappa shape index (κ2) is 6.50. The maximum Gasteiger partial charge on any atom is 0.501 e. The molecule has 0 amide bonds. The van der Waals surface area contributed by atoms with Crippen molar-refractivity contribution in [1.29, 1.82) is 0 Å². The summed E-state index contributed by atoms with van der Waals surface area (Å²) in [6.07, 6.45) is -1.17. The first-order chi connectivity index (χ1) is 12.0. The molecule has 1 aliphatic rings. The van der Waals surface area contributed by atoms with Gasteiger partial charge in [-0.15, -0.1) is 0 Å². The van der Waals surface area contributed by atoms with Crippen molar-refractivity contribution >= 4 is 25.8 Å². The zero-order valence-electron chi connectivity index (χ0n) is 12.8. The van der Waals surface area contributed by atoms with Gasteiger partial charge >= 0.3 is 5.51 Å². The Morgan fingerprint density at radius 3 is 2.50 bits per heavy atom. The van der Waals surface area contributed by atoms with Crippen LogP contribution in [0.25, 0.3) is 0 Å². The molecule has 0 bridgehead atoms. The van der Waals surface area contributed by atoms with Crippen LogP contribution in [0.1, 0.15) is 23.7 Å². The van der Waals surface area contributed by atoms with Gasteiger partial charge in [0.05, 0.1) is 11.0 Å². The summed E-state index contributed by atoms with van der Waals surface area (Å²) in [4.78, 5) is -0.988. The number of aliphatic hydroxyl groups excluding tert-OH is 1. The number of benzene rings is 2. The number of halogens is 5. The van der Waals surface area contributed by atoms with Crippen LogP contribution in [-0.2, 0) is 16.3 Å². The second-order valence-corrected chi connectivity index (χ2v) is 8.49. The second-order valence-electron chi connectivity index (χ2n) is 5.66. The lowest BCUT2D eigenvalue weighted by atomic mass is 10.1. The summed E-state index contributed by atoms with van der Waals surface area (Å²) >= 11 is 3.09. The number of aliphatic hydroxyl groups is 1. The predicted molar refractivity (Wildman–Crippen MR) is 87.1 cm³/mol. The van der Waals surface area contributed by atoms with Crippen LogP contribution < -0.4 is 4.74 Å². The first-order valence-corrected chi connectivity index (χ1v) is 9.57. The zero-order chi connectivity index (χ0) is 19.3. The first-order valence-electron chi connectivity index (χ1n) is 7.30. The first kappa shape index (κ1) is 19.1. The molecule has 4 nitrogen and oxygen atoms in total. The molecule has 0 saturated heterocycles. The van der Waals surface area contributed by atoms with Gasteiger partial charge in [-0.05, 0) is 37.1 Å². The molecule has 1 atom stereocenters. The Hall–Kier alpha value is -1.65. The third-order valence-electron chi connectivity index (χ3n) is 3.93. The summed E-state index contributed by atoms with van der Waals surface area (Å²) in [5.41, 5.74) is -5.66. The van der Waals surface area contributed by atoms with Crippen LogP contribution in [0.15, 0.2) is 39.7 Å². The highest BCUT2D eigenvalue weighted by Gasteiger charge is 2.49. The number of fused-ring (bicyclic) bond motifs is 1.